The molecule has 0 aliphatic carbocycles. The van der Waals surface area contributed by atoms with Crippen LogP contribution in [0.4, 0.5) is 0 Å². The lowest BCUT2D eigenvalue weighted by atomic mass is 10.0. The van der Waals surface area contributed by atoms with E-state index in [2.05, 4.69) is 64.9 Å². The summed E-state index contributed by atoms with van der Waals surface area (Å²) in [5.74, 6) is 0.782. The molecule has 0 aliphatic rings. The molecule has 0 fully saturated rings. The van der Waals surface area contributed by atoms with Crippen molar-refractivity contribution in [3.8, 4) is 0 Å². The Morgan fingerprint density at radius 3 is 2.55 bits per heavy atom. The van der Waals surface area contributed by atoms with Crippen molar-refractivity contribution in [2.24, 2.45) is 0 Å². The summed E-state index contributed by atoms with van der Waals surface area (Å²) in [6.45, 7) is 6.37. The Morgan fingerprint density at radius 2 is 1.90 bits per heavy atom. The minimum atomic E-state index is 0.502. The summed E-state index contributed by atoms with van der Waals surface area (Å²) in [6.07, 6.45) is 2.66. The fourth-order valence-electron chi connectivity index (χ4n) is 2.09. The average Bonchev–Trinajstić information content (AvgIpc) is 2.40. The van der Waals surface area contributed by atoms with Gasteiger partial charge in [0.2, 0.25) is 0 Å². The standard InChI is InChI=1S/C16H18BrClN2/c1-4-5-13-15(17)16(18)20-14(19-13)9-12-7-6-10(2)11(3)8-12/h6-8H,4-5,9H2,1-3H3. The molecule has 2 rings (SSSR count). The molecule has 20 heavy (non-hydrogen) atoms. The molecule has 0 atom stereocenters. The molecule has 0 N–H and O–H groups in total. The Morgan fingerprint density at radius 1 is 1.15 bits per heavy atom. The Hall–Kier alpha value is -0.930. The molecule has 0 saturated heterocycles. The zero-order valence-corrected chi connectivity index (χ0v) is 14.3. The van der Waals surface area contributed by atoms with E-state index in [0.717, 1.165) is 28.8 Å². The molecule has 1 heterocycles. The van der Waals surface area contributed by atoms with Gasteiger partial charge in [0.1, 0.15) is 11.0 Å². The number of rotatable bonds is 4. The number of benzene rings is 1. The van der Waals surface area contributed by atoms with Crippen LogP contribution in [0.5, 0.6) is 0 Å². The maximum Gasteiger partial charge on any atom is 0.147 e. The first-order valence-corrected chi connectivity index (χ1v) is 7.95. The lowest BCUT2D eigenvalue weighted by Gasteiger charge is -2.09. The summed E-state index contributed by atoms with van der Waals surface area (Å²) in [5, 5.41) is 0.502. The second-order valence-electron chi connectivity index (χ2n) is 5.04. The molecule has 0 saturated carbocycles. The van der Waals surface area contributed by atoms with Gasteiger partial charge in [-0.1, -0.05) is 43.1 Å². The van der Waals surface area contributed by atoms with Gasteiger partial charge < -0.3 is 0 Å². The summed E-state index contributed by atoms with van der Waals surface area (Å²) in [7, 11) is 0. The van der Waals surface area contributed by atoms with Gasteiger partial charge in [-0.2, -0.15) is 0 Å². The number of nitrogens with zero attached hydrogens (tertiary/aromatic N) is 2. The van der Waals surface area contributed by atoms with E-state index in [1.807, 2.05) is 0 Å². The molecule has 1 aromatic heterocycles. The van der Waals surface area contributed by atoms with Gasteiger partial charge in [-0.25, -0.2) is 9.97 Å². The molecule has 106 valence electrons. The number of aryl methyl sites for hydroxylation is 3. The Kier molecular flexibility index (Phi) is 5.17. The van der Waals surface area contributed by atoms with Gasteiger partial charge in [0.25, 0.3) is 0 Å². The van der Waals surface area contributed by atoms with Crippen molar-refractivity contribution in [3.05, 3.63) is 56.0 Å². The summed E-state index contributed by atoms with van der Waals surface area (Å²) < 4.78 is 0.824. The van der Waals surface area contributed by atoms with E-state index in [1.54, 1.807) is 0 Å². The first-order chi connectivity index (χ1) is 9.51. The van der Waals surface area contributed by atoms with E-state index in [4.69, 9.17) is 11.6 Å². The molecule has 2 aromatic rings. The number of aromatic nitrogens is 2. The highest BCUT2D eigenvalue weighted by atomic mass is 79.9. The van der Waals surface area contributed by atoms with Gasteiger partial charge in [0.05, 0.1) is 10.2 Å². The van der Waals surface area contributed by atoms with Crippen molar-refractivity contribution in [3.63, 3.8) is 0 Å². The van der Waals surface area contributed by atoms with Gasteiger partial charge in [-0.15, -0.1) is 0 Å². The SMILES string of the molecule is CCCc1nc(Cc2ccc(C)c(C)c2)nc(Cl)c1Br. The maximum absolute atomic E-state index is 6.18. The first kappa shape index (κ1) is 15.5. The Labute approximate surface area is 133 Å². The minimum Gasteiger partial charge on any atom is -0.236 e. The van der Waals surface area contributed by atoms with E-state index in [1.165, 1.54) is 16.7 Å². The molecular weight excluding hydrogens is 336 g/mol. The second kappa shape index (κ2) is 6.68. The van der Waals surface area contributed by atoms with Crippen LogP contribution in [0.3, 0.4) is 0 Å². The average molecular weight is 354 g/mol. The zero-order chi connectivity index (χ0) is 14.7. The summed E-state index contributed by atoms with van der Waals surface area (Å²) in [6, 6.07) is 6.45. The van der Waals surface area contributed by atoms with Crippen LogP contribution in [0.1, 0.15) is 41.6 Å². The molecule has 2 nitrogen and oxygen atoms in total. The fraction of sp³-hybridized carbons (Fsp3) is 0.375. The molecule has 0 amide bonds. The lowest BCUT2D eigenvalue weighted by Crippen LogP contribution is -2.03. The van der Waals surface area contributed by atoms with Crippen LogP contribution in [0, 0.1) is 13.8 Å². The molecule has 4 heteroatoms. The Balaban J connectivity index is 2.31. The topological polar surface area (TPSA) is 25.8 Å². The van der Waals surface area contributed by atoms with Gasteiger partial charge in [-0.05, 0) is 52.9 Å². The van der Waals surface area contributed by atoms with Crippen molar-refractivity contribution in [1.29, 1.82) is 0 Å². The van der Waals surface area contributed by atoms with E-state index in [-0.39, 0.29) is 0 Å². The van der Waals surface area contributed by atoms with E-state index < -0.39 is 0 Å². The van der Waals surface area contributed by atoms with Crippen molar-refractivity contribution in [2.75, 3.05) is 0 Å². The molecule has 0 radical (unpaired) electrons. The van der Waals surface area contributed by atoms with Crippen LogP contribution in [-0.2, 0) is 12.8 Å². The van der Waals surface area contributed by atoms with Gasteiger partial charge >= 0.3 is 0 Å². The van der Waals surface area contributed by atoms with E-state index in [0.29, 0.717) is 11.6 Å². The summed E-state index contributed by atoms with van der Waals surface area (Å²) in [5.41, 5.74) is 4.80. The van der Waals surface area contributed by atoms with Crippen molar-refractivity contribution in [2.45, 2.75) is 40.0 Å². The number of hydrogen-bond acceptors (Lipinski definition) is 2. The largest absolute Gasteiger partial charge is 0.236 e. The zero-order valence-electron chi connectivity index (χ0n) is 12.0. The van der Waals surface area contributed by atoms with Crippen LogP contribution < -0.4 is 0 Å². The second-order valence-corrected chi connectivity index (χ2v) is 6.19. The van der Waals surface area contributed by atoms with Crippen molar-refractivity contribution < 1.29 is 0 Å². The van der Waals surface area contributed by atoms with E-state index >= 15 is 0 Å². The van der Waals surface area contributed by atoms with Gasteiger partial charge in [-0.3, -0.25) is 0 Å². The van der Waals surface area contributed by atoms with Gasteiger partial charge in [0, 0.05) is 6.42 Å². The first-order valence-electron chi connectivity index (χ1n) is 6.78. The van der Waals surface area contributed by atoms with Crippen LogP contribution in [0.15, 0.2) is 22.7 Å². The third-order valence-electron chi connectivity index (χ3n) is 3.35. The van der Waals surface area contributed by atoms with Crippen molar-refractivity contribution in [1.82, 2.24) is 9.97 Å². The predicted molar refractivity (Wildman–Crippen MR) is 87.5 cm³/mol. The number of halogens is 2. The Bertz CT molecular complexity index is 626. The monoisotopic (exact) mass is 352 g/mol. The fourth-order valence-corrected chi connectivity index (χ4v) is 2.67. The normalized spacial score (nSPS) is 10.8. The third-order valence-corrected chi connectivity index (χ3v) is 4.68. The molecular formula is C16H18BrClN2. The van der Waals surface area contributed by atoms with Crippen LogP contribution in [0.25, 0.3) is 0 Å². The van der Waals surface area contributed by atoms with Crippen molar-refractivity contribution >= 4 is 27.5 Å². The number of hydrogen-bond donors (Lipinski definition) is 0. The smallest absolute Gasteiger partial charge is 0.147 e. The van der Waals surface area contributed by atoms with E-state index in [9.17, 15) is 0 Å². The highest BCUT2D eigenvalue weighted by molar-refractivity contribution is 9.10. The third kappa shape index (κ3) is 3.58. The summed E-state index contributed by atoms with van der Waals surface area (Å²) in [4.78, 5) is 9.00. The molecule has 0 spiro atoms. The molecule has 0 aliphatic heterocycles. The maximum atomic E-state index is 6.18. The molecule has 1 aromatic carbocycles. The highest BCUT2D eigenvalue weighted by Crippen LogP contribution is 2.25. The lowest BCUT2D eigenvalue weighted by molar-refractivity contribution is 0.833. The molecule has 0 bridgehead atoms. The molecule has 0 unspecified atom stereocenters. The van der Waals surface area contributed by atoms with Crippen LogP contribution >= 0.6 is 27.5 Å². The minimum absolute atomic E-state index is 0.502. The van der Waals surface area contributed by atoms with Crippen LogP contribution in [0.2, 0.25) is 5.15 Å². The van der Waals surface area contributed by atoms with Crippen LogP contribution in [-0.4, -0.2) is 9.97 Å². The quantitative estimate of drug-likeness (QED) is 0.719. The highest BCUT2D eigenvalue weighted by Gasteiger charge is 2.11. The summed E-state index contributed by atoms with van der Waals surface area (Å²) >= 11 is 9.64. The van der Waals surface area contributed by atoms with Gasteiger partial charge in [0.15, 0.2) is 0 Å². The predicted octanol–water partition coefficient (Wildman–Crippen LogP) is 5.05.